The van der Waals surface area contributed by atoms with E-state index in [0.717, 1.165) is 5.56 Å². The number of carbonyl (C=O) groups excluding carboxylic acids is 1. The fourth-order valence-electron chi connectivity index (χ4n) is 4.54. The van der Waals surface area contributed by atoms with E-state index >= 15 is 0 Å². The number of esters is 1. The van der Waals surface area contributed by atoms with Crippen molar-refractivity contribution in [2.75, 3.05) is 0 Å². The first-order valence-corrected chi connectivity index (χ1v) is 11.6. The monoisotopic (exact) mass is 452 g/mol. The first-order valence-electron chi connectivity index (χ1n) is 11.6. The molecule has 7 nitrogen and oxygen atoms in total. The van der Waals surface area contributed by atoms with Crippen molar-refractivity contribution in [3.63, 3.8) is 0 Å². The second kappa shape index (κ2) is 11.6. The number of aliphatic hydroxyl groups excluding tert-OH is 4. The van der Waals surface area contributed by atoms with Crippen LogP contribution in [0.25, 0.3) is 0 Å². The summed E-state index contributed by atoms with van der Waals surface area (Å²) < 4.78 is 5.21. The molecule has 2 rings (SSSR count). The maximum atomic E-state index is 12.6. The standard InChI is InChI=1S/C25H40O7/c1-15(2)10-11-18-20(26)19(23(29)25(31,22(18)28)13-12-16(3)4)21(27)24(30)32-14-17-8-6-5-7-9-17/h5-9,15-16,18-23,26-29,31H,10-14H2,1-4H3. The number of hydrogen-bond acceptors (Lipinski definition) is 7. The van der Waals surface area contributed by atoms with Crippen LogP contribution in [0.5, 0.6) is 0 Å². The second-order valence-electron chi connectivity index (χ2n) is 10.1. The molecule has 1 fully saturated rings. The van der Waals surface area contributed by atoms with Gasteiger partial charge in [-0.25, -0.2) is 4.79 Å². The molecular formula is C25H40O7. The molecule has 7 atom stereocenters. The third-order valence-electron chi connectivity index (χ3n) is 6.66. The van der Waals surface area contributed by atoms with Crippen molar-refractivity contribution in [3.8, 4) is 0 Å². The molecule has 7 unspecified atom stereocenters. The third kappa shape index (κ3) is 6.29. The molecule has 1 saturated carbocycles. The summed E-state index contributed by atoms with van der Waals surface area (Å²) in [5.41, 5.74) is -1.22. The largest absolute Gasteiger partial charge is 0.459 e. The lowest BCUT2D eigenvalue weighted by molar-refractivity contribution is -0.257. The van der Waals surface area contributed by atoms with Gasteiger partial charge in [0.15, 0.2) is 6.10 Å². The molecule has 182 valence electrons. The van der Waals surface area contributed by atoms with Gasteiger partial charge in [-0.3, -0.25) is 0 Å². The van der Waals surface area contributed by atoms with Crippen LogP contribution in [-0.2, 0) is 16.1 Å². The summed E-state index contributed by atoms with van der Waals surface area (Å²) in [7, 11) is 0. The number of hydrogen-bond donors (Lipinski definition) is 5. The Labute approximate surface area is 191 Å². The van der Waals surface area contributed by atoms with E-state index in [1.54, 1.807) is 24.3 Å². The zero-order chi connectivity index (χ0) is 24.1. The van der Waals surface area contributed by atoms with Crippen LogP contribution >= 0.6 is 0 Å². The van der Waals surface area contributed by atoms with Crippen LogP contribution in [0.1, 0.15) is 58.9 Å². The average molecular weight is 453 g/mol. The summed E-state index contributed by atoms with van der Waals surface area (Å²) in [6.07, 6.45) is -4.62. The Morgan fingerprint density at radius 2 is 1.59 bits per heavy atom. The van der Waals surface area contributed by atoms with Crippen molar-refractivity contribution < 1.29 is 35.1 Å². The molecule has 0 amide bonds. The van der Waals surface area contributed by atoms with Crippen LogP contribution in [0.15, 0.2) is 30.3 Å². The lowest BCUT2D eigenvalue weighted by Gasteiger charge is -2.52. The van der Waals surface area contributed by atoms with E-state index < -0.39 is 47.8 Å². The van der Waals surface area contributed by atoms with Crippen molar-refractivity contribution in [2.45, 2.75) is 90.0 Å². The fraction of sp³-hybridized carbons (Fsp3) is 0.720. The average Bonchev–Trinajstić information content (AvgIpc) is 2.75. The van der Waals surface area contributed by atoms with E-state index in [9.17, 15) is 30.3 Å². The zero-order valence-electron chi connectivity index (χ0n) is 19.6. The molecule has 0 saturated heterocycles. The van der Waals surface area contributed by atoms with Crippen LogP contribution < -0.4 is 0 Å². The van der Waals surface area contributed by atoms with E-state index in [4.69, 9.17) is 4.74 Å². The molecule has 0 heterocycles. The molecular weight excluding hydrogens is 412 g/mol. The molecule has 1 aliphatic carbocycles. The van der Waals surface area contributed by atoms with Gasteiger partial charge in [-0.2, -0.15) is 0 Å². The molecule has 0 spiro atoms. The lowest BCUT2D eigenvalue weighted by atomic mass is 9.62. The van der Waals surface area contributed by atoms with Gasteiger partial charge in [0.25, 0.3) is 0 Å². The zero-order valence-corrected chi connectivity index (χ0v) is 19.6. The lowest BCUT2D eigenvalue weighted by Crippen LogP contribution is -2.69. The predicted molar refractivity (Wildman–Crippen MR) is 120 cm³/mol. The molecule has 5 N–H and O–H groups in total. The Balaban J connectivity index is 2.25. The summed E-state index contributed by atoms with van der Waals surface area (Å²) >= 11 is 0. The van der Waals surface area contributed by atoms with Gasteiger partial charge in [0.1, 0.15) is 12.2 Å². The fourth-order valence-corrected chi connectivity index (χ4v) is 4.54. The van der Waals surface area contributed by atoms with Crippen molar-refractivity contribution in [1.82, 2.24) is 0 Å². The van der Waals surface area contributed by atoms with E-state index in [1.165, 1.54) is 0 Å². The van der Waals surface area contributed by atoms with E-state index in [-0.39, 0.29) is 18.9 Å². The molecule has 1 aromatic carbocycles. The highest BCUT2D eigenvalue weighted by Gasteiger charge is 2.59. The summed E-state index contributed by atoms with van der Waals surface area (Å²) in [6, 6.07) is 8.96. The van der Waals surface area contributed by atoms with Gasteiger partial charge in [0.05, 0.1) is 24.2 Å². The normalized spacial score (nSPS) is 31.7. The van der Waals surface area contributed by atoms with Gasteiger partial charge in [0.2, 0.25) is 0 Å². The highest BCUT2D eigenvalue weighted by molar-refractivity contribution is 5.75. The van der Waals surface area contributed by atoms with Crippen LogP contribution in [0.4, 0.5) is 0 Å². The molecule has 0 aromatic heterocycles. The van der Waals surface area contributed by atoms with E-state index in [1.807, 2.05) is 33.8 Å². The van der Waals surface area contributed by atoms with Crippen LogP contribution in [0, 0.1) is 23.7 Å². The minimum absolute atomic E-state index is 0.0628. The molecule has 7 heteroatoms. The van der Waals surface area contributed by atoms with E-state index in [2.05, 4.69) is 0 Å². The van der Waals surface area contributed by atoms with Gasteiger partial charge in [-0.1, -0.05) is 64.4 Å². The van der Waals surface area contributed by atoms with Crippen LogP contribution in [0.2, 0.25) is 0 Å². The summed E-state index contributed by atoms with van der Waals surface area (Å²) in [5.74, 6) is -2.65. The number of benzene rings is 1. The van der Waals surface area contributed by atoms with Gasteiger partial charge < -0.3 is 30.3 Å². The molecule has 1 aromatic rings. The number of carbonyl (C=O) groups is 1. The SMILES string of the molecule is CC(C)CCC1C(O)C(C(O)C(=O)OCc2ccccc2)C(O)C(O)(CCC(C)C)C1O. The van der Waals surface area contributed by atoms with Crippen molar-refractivity contribution in [3.05, 3.63) is 35.9 Å². The first-order chi connectivity index (χ1) is 15.0. The Morgan fingerprint density at radius 3 is 2.16 bits per heavy atom. The summed E-state index contributed by atoms with van der Waals surface area (Å²) in [6.45, 7) is 7.88. The maximum Gasteiger partial charge on any atom is 0.335 e. The van der Waals surface area contributed by atoms with Gasteiger partial charge >= 0.3 is 5.97 Å². The minimum atomic E-state index is -1.95. The van der Waals surface area contributed by atoms with Crippen molar-refractivity contribution >= 4 is 5.97 Å². The predicted octanol–water partition coefficient (Wildman–Crippen LogP) is 2.02. The summed E-state index contributed by atoms with van der Waals surface area (Å²) in [5, 5.41) is 55.1. The Morgan fingerprint density at radius 1 is 1.00 bits per heavy atom. The number of rotatable bonds is 10. The van der Waals surface area contributed by atoms with Crippen LogP contribution in [-0.4, -0.2) is 61.5 Å². The van der Waals surface area contributed by atoms with Gasteiger partial charge in [-0.15, -0.1) is 0 Å². The number of ether oxygens (including phenoxy) is 1. The van der Waals surface area contributed by atoms with Crippen molar-refractivity contribution in [2.24, 2.45) is 23.7 Å². The Kier molecular flexibility index (Phi) is 9.67. The Bertz CT molecular complexity index is 708. The van der Waals surface area contributed by atoms with Gasteiger partial charge in [0, 0.05) is 5.92 Å². The van der Waals surface area contributed by atoms with E-state index in [0.29, 0.717) is 25.2 Å². The topological polar surface area (TPSA) is 127 Å². The first kappa shape index (κ1) is 26.7. The maximum absolute atomic E-state index is 12.6. The quantitative estimate of drug-likeness (QED) is 0.344. The molecule has 0 aliphatic heterocycles. The highest BCUT2D eigenvalue weighted by atomic mass is 16.5. The van der Waals surface area contributed by atoms with Crippen LogP contribution in [0.3, 0.4) is 0 Å². The summed E-state index contributed by atoms with van der Waals surface area (Å²) in [4.78, 5) is 12.6. The van der Waals surface area contributed by atoms with Crippen molar-refractivity contribution in [1.29, 1.82) is 0 Å². The molecule has 32 heavy (non-hydrogen) atoms. The molecule has 1 aliphatic rings. The Hall–Kier alpha value is -1.51. The smallest absolute Gasteiger partial charge is 0.335 e. The molecule has 0 bridgehead atoms. The molecule has 0 radical (unpaired) electrons. The minimum Gasteiger partial charge on any atom is -0.459 e. The number of aliphatic hydroxyl groups is 5. The van der Waals surface area contributed by atoms with Gasteiger partial charge in [-0.05, 0) is 36.7 Å². The third-order valence-corrected chi connectivity index (χ3v) is 6.66. The highest BCUT2D eigenvalue weighted by Crippen LogP contribution is 2.44. The second-order valence-corrected chi connectivity index (χ2v) is 10.1.